The molecular weight excluding hydrogens is 212 g/mol. The van der Waals surface area contributed by atoms with Crippen molar-refractivity contribution in [2.75, 3.05) is 5.32 Å². The van der Waals surface area contributed by atoms with Crippen LogP contribution in [0.5, 0.6) is 0 Å². The number of nitrogens with zero attached hydrogens (tertiary/aromatic N) is 2. The summed E-state index contributed by atoms with van der Waals surface area (Å²) in [5, 5.41) is 12.5. The van der Waals surface area contributed by atoms with E-state index in [4.69, 9.17) is 11.0 Å². The van der Waals surface area contributed by atoms with Crippen LogP contribution in [0.15, 0.2) is 12.3 Å². The average Bonchev–Trinajstić information content (AvgIpc) is 2.32. The Kier molecular flexibility index (Phi) is 3.60. The summed E-state index contributed by atoms with van der Waals surface area (Å²) in [5.41, 5.74) is 7.67. The summed E-state index contributed by atoms with van der Waals surface area (Å²) in [6.45, 7) is 1.92. The molecule has 0 saturated heterocycles. The van der Waals surface area contributed by atoms with Gasteiger partial charge in [0.25, 0.3) is 0 Å². The Labute approximate surface area is 102 Å². The normalized spacial score (nSPS) is 24.1. The zero-order valence-electron chi connectivity index (χ0n) is 10.1. The molecule has 1 aliphatic rings. The first-order valence-corrected chi connectivity index (χ1v) is 6.10. The molecule has 1 aromatic heterocycles. The lowest BCUT2D eigenvalue weighted by Crippen LogP contribution is -2.42. The van der Waals surface area contributed by atoms with Crippen molar-refractivity contribution >= 4 is 5.82 Å². The number of aryl methyl sites for hydroxylation is 1. The third-order valence-electron chi connectivity index (χ3n) is 3.41. The number of nitriles is 1. The fourth-order valence-corrected chi connectivity index (χ4v) is 2.32. The highest BCUT2D eigenvalue weighted by molar-refractivity contribution is 5.55. The van der Waals surface area contributed by atoms with Crippen LogP contribution in [-0.2, 0) is 0 Å². The summed E-state index contributed by atoms with van der Waals surface area (Å²) in [5.74, 6) is 0.676. The van der Waals surface area contributed by atoms with E-state index in [-0.39, 0.29) is 12.1 Å². The number of anilines is 1. The van der Waals surface area contributed by atoms with Crippen LogP contribution < -0.4 is 11.1 Å². The zero-order chi connectivity index (χ0) is 12.3. The topological polar surface area (TPSA) is 74.7 Å². The third kappa shape index (κ3) is 2.56. The summed E-state index contributed by atoms with van der Waals surface area (Å²) in [6.07, 6.45) is 6.23. The highest BCUT2D eigenvalue weighted by Gasteiger charge is 2.22. The van der Waals surface area contributed by atoms with E-state index in [1.54, 1.807) is 6.20 Å². The minimum Gasteiger partial charge on any atom is -0.365 e. The van der Waals surface area contributed by atoms with Crippen molar-refractivity contribution in [1.82, 2.24) is 4.98 Å². The van der Waals surface area contributed by atoms with Gasteiger partial charge in [-0.15, -0.1) is 0 Å². The zero-order valence-corrected chi connectivity index (χ0v) is 10.1. The summed E-state index contributed by atoms with van der Waals surface area (Å²) in [6, 6.07) is 4.46. The second-order valence-corrected chi connectivity index (χ2v) is 4.66. The molecule has 0 aliphatic heterocycles. The van der Waals surface area contributed by atoms with Gasteiger partial charge in [-0.3, -0.25) is 0 Å². The Morgan fingerprint density at radius 2 is 2.24 bits per heavy atom. The Morgan fingerprint density at radius 3 is 2.94 bits per heavy atom. The number of pyridine rings is 1. The minimum atomic E-state index is 0.164. The molecule has 3 N–H and O–H groups in total. The first kappa shape index (κ1) is 11.9. The van der Waals surface area contributed by atoms with Crippen LogP contribution in [0.1, 0.15) is 36.8 Å². The second kappa shape index (κ2) is 5.15. The second-order valence-electron chi connectivity index (χ2n) is 4.66. The van der Waals surface area contributed by atoms with Crippen molar-refractivity contribution in [3.05, 3.63) is 23.4 Å². The maximum Gasteiger partial charge on any atom is 0.144 e. The van der Waals surface area contributed by atoms with Gasteiger partial charge in [0, 0.05) is 18.3 Å². The predicted molar refractivity (Wildman–Crippen MR) is 67.5 cm³/mol. The largest absolute Gasteiger partial charge is 0.365 e. The molecular formula is C13H18N4. The molecule has 1 aromatic rings. The number of nitrogens with one attached hydrogen (secondary N) is 1. The molecule has 2 rings (SSSR count). The smallest absolute Gasteiger partial charge is 0.144 e. The minimum absolute atomic E-state index is 0.164. The quantitative estimate of drug-likeness (QED) is 0.814. The summed E-state index contributed by atoms with van der Waals surface area (Å²) in [7, 11) is 0. The molecule has 0 spiro atoms. The van der Waals surface area contributed by atoms with Gasteiger partial charge >= 0.3 is 0 Å². The standard InChI is InChI=1S/C13H18N4/c1-9-6-7-16-13(10(9)8-14)17-12-5-3-2-4-11(12)15/h6-7,11-12H,2-5,15H2,1H3,(H,16,17). The van der Waals surface area contributed by atoms with E-state index in [2.05, 4.69) is 16.4 Å². The number of aromatic nitrogens is 1. The van der Waals surface area contributed by atoms with Gasteiger partial charge in [0.2, 0.25) is 0 Å². The average molecular weight is 230 g/mol. The van der Waals surface area contributed by atoms with Crippen LogP contribution >= 0.6 is 0 Å². The number of hydrogen-bond donors (Lipinski definition) is 2. The van der Waals surface area contributed by atoms with E-state index in [9.17, 15) is 0 Å². The van der Waals surface area contributed by atoms with E-state index in [1.165, 1.54) is 12.8 Å². The van der Waals surface area contributed by atoms with E-state index >= 15 is 0 Å². The molecule has 1 fully saturated rings. The van der Waals surface area contributed by atoms with Gasteiger partial charge in [0.1, 0.15) is 11.9 Å². The summed E-state index contributed by atoms with van der Waals surface area (Å²) in [4.78, 5) is 4.25. The van der Waals surface area contributed by atoms with Gasteiger partial charge in [-0.1, -0.05) is 12.8 Å². The third-order valence-corrected chi connectivity index (χ3v) is 3.41. The van der Waals surface area contributed by atoms with Crippen LogP contribution in [0.25, 0.3) is 0 Å². The lowest BCUT2D eigenvalue weighted by Gasteiger charge is -2.30. The summed E-state index contributed by atoms with van der Waals surface area (Å²) >= 11 is 0. The van der Waals surface area contributed by atoms with Crippen molar-refractivity contribution in [3.63, 3.8) is 0 Å². The van der Waals surface area contributed by atoms with Crippen LogP contribution in [0, 0.1) is 18.3 Å². The van der Waals surface area contributed by atoms with Crippen LogP contribution in [0.2, 0.25) is 0 Å². The lowest BCUT2D eigenvalue weighted by molar-refractivity contribution is 0.403. The molecule has 0 radical (unpaired) electrons. The first-order chi connectivity index (χ1) is 8.22. The molecule has 0 aromatic carbocycles. The maximum absolute atomic E-state index is 9.13. The molecule has 0 bridgehead atoms. The van der Waals surface area contributed by atoms with E-state index in [0.29, 0.717) is 11.4 Å². The molecule has 90 valence electrons. The van der Waals surface area contributed by atoms with E-state index < -0.39 is 0 Å². The maximum atomic E-state index is 9.13. The van der Waals surface area contributed by atoms with Crippen LogP contribution in [0.4, 0.5) is 5.82 Å². The van der Waals surface area contributed by atoms with Gasteiger partial charge in [0.05, 0.1) is 5.56 Å². The van der Waals surface area contributed by atoms with Crippen molar-refractivity contribution in [2.45, 2.75) is 44.7 Å². The fraction of sp³-hybridized carbons (Fsp3) is 0.538. The van der Waals surface area contributed by atoms with Crippen molar-refractivity contribution < 1.29 is 0 Å². The molecule has 4 nitrogen and oxygen atoms in total. The molecule has 17 heavy (non-hydrogen) atoms. The predicted octanol–water partition coefficient (Wildman–Crippen LogP) is 1.94. The molecule has 0 amide bonds. The van der Waals surface area contributed by atoms with E-state index in [0.717, 1.165) is 18.4 Å². The van der Waals surface area contributed by atoms with Gasteiger partial charge in [-0.2, -0.15) is 5.26 Å². The van der Waals surface area contributed by atoms with Crippen molar-refractivity contribution in [3.8, 4) is 6.07 Å². The highest BCUT2D eigenvalue weighted by Crippen LogP contribution is 2.22. The Morgan fingerprint density at radius 1 is 1.47 bits per heavy atom. The van der Waals surface area contributed by atoms with Gasteiger partial charge in [-0.25, -0.2) is 4.98 Å². The first-order valence-electron chi connectivity index (χ1n) is 6.10. The van der Waals surface area contributed by atoms with Crippen LogP contribution in [0.3, 0.4) is 0 Å². The SMILES string of the molecule is Cc1ccnc(NC2CCCCC2N)c1C#N. The Bertz CT molecular complexity index is 436. The van der Waals surface area contributed by atoms with E-state index in [1.807, 2.05) is 13.0 Å². The lowest BCUT2D eigenvalue weighted by atomic mass is 9.91. The molecule has 1 saturated carbocycles. The summed E-state index contributed by atoms with van der Waals surface area (Å²) < 4.78 is 0. The Hall–Kier alpha value is -1.60. The number of nitrogens with two attached hydrogens (primary N) is 1. The van der Waals surface area contributed by atoms with Crippen LogP contribution in [-0.4, -0.2) is 17.1 Å². The number of rotatable bonds is 2. The highest BCUT2D eigenvalue weighted by atomic mass is 15.0. The fourth-order valence-electron chi connectivity index (χ4n) is 2.32. The molecule has 2 atom stereocenters. The monoisotopic (exact) mass is 230 g/mol. The Balaban J connectivity index is 2.18. The molecule has 1 heterocycles. The van der Waals surface area contributed by atoms with Crippen molar-refractivity contribution in [2.24, 2.45) is 5.73 Å². The molecule has 2 unspecified atom stereocenters. The van der Waals surface area contributed by atoms with Gasteiger partial charge < -0.3 is 11.1 Å². The van der Waals surface area contributed by atoms with Crippen molar-refractivity contribution in [1.29, 1.82) is 5.26 Å². The van der Waals surface area contributed by atoms with Gasteiger partial charge in [0.15, 0.2) is 0 Å². The molecule has 4 heteroatoms. The van der Waals surface area contributed by atoms with Gasteiger partial charge in [-0.05, 0) is 31.4 Å². The molecule has 1 aliphatic carbocycles. The number of hydrogen-bond acceptors (Lipinski definition) is 4.